The average molecular weight is 343 g/mol. The molecule has 7 heteroatoms. The zero-order valence-corrected chi connectivity index (χ0v) is 13.8. The summed E-state index contributed by atoms with van der Waals surface area (Å²) in [6.07, 6.45) is 0. The number of amides is 3. The Morgan fingerprint density at radius 1 is 0.960 bits per heavy atom. The van der Waals surface area contributed by atoms with Crippen molar-refractivity contribution in [1.29, 1.82) is 0 Å². The molecule has 6 nitrogen and oxygen atoms in total. The maximum Gasteiger partial charge on any atom is 0.272 e. The molecule has 25 heavy (non-hydrogen) atoms. The summed E-state index contributed by atoms with van der Waals surface area (Å²) in [6, 6.07) is 11.4. The lowest BCUT2D eigenvalue weighted by Gasteiger charge is -2.15. The highest BCUT2D eigenvalue weighted by Crippen LogP contribution is 2.06. The first kappa shape index (κ1) is 18.1. The number of halogens is 1. The number of hydrazine groups is 1. The number of hydrogen-bond acceptors (Lipinski definition) is 3. The van der Waals surface area contributed by atoms with E-state index in [1.54, 1.807) is 18.2 Å². The fraction of sp³-hybridized carbons (Fsp3) is 0.167. The van der Waals surface area contributed by atoms with Gasteiger partial charge in [0.1, 0.15) is 11.9 Å². The molecule has 0 saturated heterocycles. The van der Waals surface area contributed by atoms with Crippen molar-refractivity contribution in [3.05, 3.63) is 71.0 Å². The minimum Gasteiger partial charge on any atom is -0.340 e. The second-order valence-corrected chi connectivity index (χ2v) is 5.49. The molecule has 2 aromatic rings. The van der Waals surface area contributed by atoms with Gasteiger partial charge >= 0.3 is 0 Å². The average Bonchev–Trinajstić information content (AvgIpc) is 2.59. The molecule has 2 aromatic carbocycles. The lowest BCUT2D eigenvalue weighted by molar-refractivity contribution is -0.123. The Hall–Kier alpha value is -3.22. The van der Waals surface area contributed by atoms with Crippen LogP contribution in [0.25, 0.3) is 0 Å². The highest BCUT2D eigenvalue weighted by molar-refractivity contribution is 5.99. The summed E-state index contributed by atoms with van der Waals surface area (Å²) in [5.41, 5.74) is 5.42. The summed E-state index contributed by atoms with van der Waals surface area (Å²) in [4.78, 5) is 35.9. The fourth-order valence-electron chi connectivity index (χ4n) is 2.07. The first-order chi connectivity index (χ1) is 11.9. The van der Waals surface area contributed by atoms with Gasteiger partial charge in [0.05, 0.1) is 5.56 Å². The van der Waals surface area contributed by atoms with Crippen molar-refractivity contribution in [2.45, 2.75) is 19.9 Å². The number of aryl methyl sites for hydroxylation is 1. The predicted molar refractivity (Wildman–Crippen MR) is 90.1 cm³/mol. The Labute approximate surface area is 144 Å². The van der Waals surface area contributed by atoms with Crippen LogP contribution >= 0.6 is 0 Å². The Morgan fingerprint density at radius 3 is 2.36 bits per heavy atom. The Balaban J connectivity index is 1.89. The standard InChI is InChI=1S/C18H18FN3O3/c1-11-6-5-7-13(10-11)17(24)20-12(2)16(23)21-22-18(25)14-8-3-4-9-15(14)19/h3-10,12H,1-2H3,(H,20,24)(H,21,23)(H,22,25)/t12-/m0/s1. The second kappa shape index (κ2) is 8.05. The molecule has 0 saturated carbocycles. The van der Waals surface area contributed by atoms with Crippen LogP contribution in [0.4, 0.5) is 4.39 Å². The van der Waals surface area contributed by atoms with E-state index in [2.05, 4.69) is 16.2 Å². The summed E-state index contributed by atoms with van der Waals surface area (Å²) in [6.45, 7) is 3.32. The highest BCUT2D eigenvalue weighted by atomic mass is 19.1. The number of hydrogen-bond donors (Lipinski definition) is 3. The van der Waals surface area contributed by atoms with Crippen LogP contribution in [0.3, 0.4) is 0 Å². The van der Waals surface area contributed by atoms with Gasteiger partial charge in [0, 0.05) is 5.56 Å². The monoisotopic (exact) mass is 343 g/mol. The zero-order valence-electron chi connectivity index (χ0n) is 13.8. The topological polar surface area (TPSA) is 87.3 Å². The number of carbonyl (C=O) groups is 3. The molecule has 2 rings (SSSR count). The van der Waals surface area contributed by atoms with Gasteiger partial charge in [-0.25, -0.2) is 4.39 Å². The third-order valence-electron chi connectivity index (χ3n) is 3.44. The van der Waals surface area contributed by atoms with E-state index >= 15 is 0 Å². The smallest absolute Gasteiger partial charge is 0.272 e. The van der Waals surface area contributed by atoms with E-state index < -0.39 is 29.6 Å². The van der Waals surface area contributed by atoms with Crippen molar-refractivity contribution in [3.63, 3.8) is 0 Å². The molecule has 0 heterocycles. The number of nitrogens with one attached hydrogen (secondary N) is 3. The SMILES string of the molecule is Cc1cccc(C(=O)N[C@@H](C)C(=O)NNC(=O)c2ccccc2F)c1. The predicted octanol–water partition coefficient (Wildman–Crippen LogP) is 1.71. The van der Waals surface area contributed by atoms with Crippen molar-refractivity contribution in [1.82, 2.24) is 16.2 Å². The van der Waals surface area contributed by atoms with Crippen LogP contribution in [0, 0.1) is 12.7 Å². The van der Waals surface area contributed by atoms with Crippen molar-refractivity contribution in [2.24, 2.45) is 0 Å². The molecule has 130 valence electrons. The molecule has 0 aliphatic heterocycles. The highest BCUT2D eigenvalue weighted by Gasteiger charge is 2.18. The maximum absolute atomic E-state index is 13.5. The Bertz CT molecular complexity index is 808. The molecule has 0 aliphatic carbocycles. The summed E-state index contributed by atoms with van der Waals surface area (Å²) in [5.74, 6) is -2.53. The zero-order chi connectivity index (χ0) is 18.4. The van der Waals surface area contributed by atoms with Crippen molar-refractivity contribution in [2.75, 3.05) is 0 Å². The Morgan fingerprint density at radius 2 is 1.68 bits per heavy atom. The fourth-order valence-corrected chi connectivity index (χ4v) is 2.07. The number of rotatable bonds is 4. The first-order valence-electron chi connectivity index (χ1n) is 7.60. The molecule has 0 bridgehead atoms. The lowest BCUT2D eigenvalue weighted by Crippen LogP contribution is -2.51. The minimum atomic E-state index is -0.895. The minimum absolute atomic E-state index is 0.195. The molecular formula is C18H18FN3O3. The molecule has 3 N–H and O–H groups in total. The summed E-state index contributed by atoms with van der Waals surface area (Å²) >= 11 is 0. The van der Waals surface area contributed by atoms with Crippen LogP contribution in [0.5, 0.6) is 0 Å². The third kappa shape index (κ3) is 4.87. The largest absolute Gasteiger partial charge is 0.340 e. The van der Waals surface area contributed by atoms with E-state index in [0.717, 1.165) is 11.6 Å². The number of benzene rings is 2. The number of carbonyl (C=O) groups excluding carboxylic acids is 3. The van der Waals surface area contributed by atoms with E-state index in [4.69, 9.17) is 0 Å². The van der Waals surface area contributed by atoms with Gasteiger partial charge in [-0.2, -0.15) is 0 Å². The van der Waals surface area contributed by atoms with E-state index in [1.165, 1.54) is 25.1 Å². The maximum atomic E-state index is 13.5. The van der Waals surface area contributed by atoms with E-state index in [9.17, 15) is 18.8 Å². The normalized spacial score (nSPS) is 11.3. The molecule has 0 unspecified atom stereocenters. The summed E-state index contributed by atoms with van der Waals surface area (Å²) < 4.78 is 13.5. The van der Waals surface area contributed by atoms with Crippen LogP contribution in [0.2, 0.25) is 0 Å². The van der Waals surface area contributed by atoms with Gasteiger partial charge in [0.25, 0.3) is 17.7 Å². The quantitative estimate of drug-likeness (QED) is 0.739. The van der Waals surface area contributed by atoms with Gasteiger partial charge in [0.2, 0.25) is 0 Å². The second-order valence-electron chi connectivity index (χ2n) is 5.49. The van der Waals surface area contributed by atoms with E-state index in [0.29, 0.717) is 5.56 Å². The lowest BCUT2D eigenvalue weighted by atomic mass is 10.1. The van der Waals surface area contributed by atoms with Crippen molar-refractivity contribution >= 4 is 17.7 Å². The van der Waals surface area contributed by atoms with E-state index in [1.807, 2.05) is 13.0 Å². The van der Waals surface area contributed by atoms with Crippen LogP contribution in [0.1, 0.15) is 33.2 Å². The van der Waals surface area contributed by atoms with Crippen LogP contribution in [0.15, 0.2) is 48.5 Å². The van der Waals surface area contributed by atoms with Crippen molar-refractivity contribution < 1.29 is 18.8 Å². The van der Waals surface area contributed by atoms with Crippen LogP contribution < -0.4 is 16.2 Å². The van der Waals surface area contributed by atoms with Crippen LogP contribution in [-0.2, 0) is 4.79 Å². The van der Waals surface area contributed by atoms with Gasteiger partial charge in [0.15, 0.2) is 0 Å². The molecule has 0 fully saturated rings. The molecule has 3 amide bonds. The van der Waals surface area contributed by atoms with E-state index in [-0.39, 0.29) is 5.56 Å². The molecular weight excluding hydrogens is 325 g/mol. The summed E-state index contributed by atoms with van der Waals surface area (Å²) in [5, 5.41) is 2.52. The molecule has 0 aliphatic rings. The third-order valence-corrected chi connectivity index (χ3v) is 3.44. The molecule has 1 atom stereocenters. The van der Waals surface area contributed by atoms with Gasteiger partial charge in [-0.3, -0.25) is 25.2 Å². The van der Waals surface area contributed by atoms with Gasteiger partial charge in [-0.05, 0) is 38.1 Å². The molecule has 0 radical (unpaired) electrons. The molecule has 0 aromatic heterocycles. The molecule has 0 spiro atoms. The van der Waals surface area contributed by atoms with Gasteiger partial charge in [-0.15, -0.1) is 0 Å². The van der Waals surface area contributed by atoms with Crippen molar-refractivity contribution in [3.8, 4) is 0 Å². The first-order valence-corrected chi connectivity index (χ1v) is 7.60. The Kier molecular flexibility index (Phi) is 5.84. The van der Waals surface area contributed by atoms with Crippen LogP contribution in [-0.4, -0.2) is 23.8 Å². The summed E-state index contributed by atoms with van der Waals surface area (Å²) in [7, 11) is 0. The van der Waals surface area contributed by atoms with Gasteiger partial charge in [-0.1, -0.05) is 29.8 Å². The van der Waals surface area contributed by atoms with Gasteiger partial charge < -0.3 is 5.32 Å².